The maximum Gasteiger partial charge on any atom is 0.264 e. The molecule has 4 rings (SSSR count). The highest BCUT2D eigenvalue weighted by Crippen LogP contribution is 2.36. The molecule has 34 heavy (non-hydrogen) atoms. The van der Waals surface area contributed by atoms with Gasteiger partial charge >= 0.3 is 0 Å². The van der Waals surface area contributed by atoms with E-state index in [1.54, 1.807) is 29.9 Å². The van der Waals surface area contributed by atoms with Gasteiger partial charge in [-0.25, -0.2) is 13.2 Å². The summed E-state index contributed by atoms with van der Waals surface area (Å²) in [6.45, 7) is 10.4. The molecule has 10 heteroatoms. The van der Waals surface area contributed by atoms with Gasteiger partial charge in [-0.15, -0.1) is 0 Å². The second kappa shape index (κ2) is 11.7. The average Bonchev–Trinajstić information content (AvgIpc) is 3.40. The minimum atomic E-state index is -2.80. The number of halogens is 3. The lowest BCUT2D eigenvalue weighted by molar-refractivity contribution is -0.129. The number of amides is 1. The third kappa shape index (κ3) is 5.60. The van der Waals surface area contributed by atoms with Crippen molar-refractivity contribution in [2.45, 2.75) is 54.0 Å². The van der Waals surface area contributed by atoms with Crippen LogP contribution in [0.25, 0.3) is 11.1 Å². The Hall–Kier alpha value is -3.30. The van der Waals surface area contributed by atoms with Crippen molar-refractivity contribution >= 4 is 17.4 Å². The van der Waals surface area contributed by atoms with Gasteiger partial charge in [0.25, 0.3) is 6.43 Å². The number of benzene rings is 1. The Balaban J connectivity index is 0.000000970. The number of anilines is 2. The van der Waals surface area contributed by atoms with Crippen molar-refractivity contribution in [1.29, 1.82) is 0 Å². The topological polar surface area (TPSA) is 68.0 Å². The van der Waals surface area contributed by atoms with Crippen LogP contribution in [0.15, 0.2) is 24.5 Å². The number of carbonyl (C=O) groups excluding carboxylic acids is 1. The molecule has 2 aromatic heterocycles. The molecule has 0 fully saturated rings. The van der Waals surface area contributed by atoms with Gasteiger partial charge in [0.2, 0.25) is 5.91 Å². The SMILES string of the molecule is CC.CC.CC(=O)N1CCc2c(c(Nc3cc(C(F)F)c(-c4cnn(C)c4)cc3F)nn2C)C1. The third-order valence-electron chi connectivity index (χ3n) is 5.33. The van der Waals surface area contributed by atoms with E-state index >= 15 is 0 Å². The van der Waals surface area contributed by atoms with E-state index < -0.39 is 12.2 Å². The van der Waals surface area contributed by atoms with Crippen LogP contribution in [0.2, 0.25) is 0 Å². The van der Waals surface area contributed by atoms with Gasteiger partial charge in [-0.05, 0) is 17.7 Å². The Morgan fingerprint density at radius 1 is 1.15 bits per heavy atom. The predicted molar refractivity (Wildman–Crippen MR) is 128 cm³/mol. The Morgan fingerprint density at radius 3 is 2.38 bits per heavy atom. The highest BCUT2D eigenvalue weighted by Gasteiger charge is 2.26. The Labute approximate surface area is 198 Å². The number of hydrogen-bond acceptors (Lipinski definition) is 4. The summed E-state index contributed by atoms with van der Waals surface area (Å²) in [6.07, 6.45) is 0.788. The van der Waals surface area contributed by atoms with Crippen LogP contribution >= 0.6 is 0 Å². The summed E-state index contributed by atoms with van der Waals surface area (Å²) >= 11 is 0. The summed E-state index contributed by atoms with van der Waals surface area (Å²) in [6, 6.07) is 2.19. The van der Waals surface area contributed by atoms with Gasteiger partial charge in [0.1, 0.15) is 5.82 Å². The molecule has 0 atom stereocenters. The minimum absolute atomic E-state index is 0.0672. The van der Waals surface area contributed by atoms with Crippen molar-refractivity contribution in [3.8, 4) is 11.1 Å². The van der Waals surface area contributed by atoms with Gasteiger partial charge in [-0.3, -0.25) is 14.2 Å². The second-order valence-corrected chi connectivity index (χ2v) is 7.34. The van der Waals surface area contributed by atoms with E-state index in [-0.39, 0.29) is 22.7 Å². The summed E-state index contributed by atoms with van der Waals surface area (Å²) in [5.41, 5.74) is 1.78. The first-order valence-electron chi connectivity index (χ1n) is 11.4. The second-order valence-electron chi connectivity index (χ2n) is 7.34. The summed E-state index contributed by atoms with van der Waals surface area (Å²) < 4.78 is 45.5. The molecule has 1 amide bonds. The van der Waals surface area contributed by atoms with Crippen molar-refractivity contribution in [3.05, 3.63) is 47.2 Å². The van der Waals surface area contributed by atoms with E-state index in [1.807, 2.05) is 27.7 Å². The predicted octanol–water partition coefficient (Wildman–Crippen LogP) is 5.60. The van der Waals surface area contributed by atoms with Crippen LogP contribution in [-0.4, -0.2) is 36.9 Å². The number of nitrogens with zero attached hydrogens (tertiary/aromatic N) is 5. The van der Waals surface area contributed by atoms with Gasteiger partial charge in [0.15, 0.2) is 5.82 Å². The largest absolute Gasteiger partial charge is 0.338 e. The number of nitrogens with one attached hydrogen (secondary N) is 1. The molecular weight excluding hydrogens is 445 g/mol. The highest BCUT2D eigenvalue weighted by atomic mass is 19.3. The van der Waals surface area contributed by atoms with Crippen molar-refractivity contribution < 1.29 is 18.0 Å². The molecule has 0 saturated carbocycles. The van der Waals surface area contributed by atoms with Gasteiger partial charge in [0, 0.05) is 62.6 Å². The normalized spacial score (nSPS) is 12.4. The summed E-state index contributed by atoms with van der Waals surface area (Å²) in [4.78, 5) is 13.4. The molecule has 0 aliphatic carbocycles. The number of carbonyl (C=O) groups is 1. The summed E-state index contributed by atoms with van der Waals surface area (Å²) in [7, 11) is 3.42. The molecule has 3 heterocycles. The van der Waals surface area contributed by atoms with E-state index in [0.717, 1.165) is 23.4 Å². The van der Waals surface area contributed by atoms with Gasteiger partial charge < -0.3 is 10.2 Å². The maximum absolute atomic E-state index is 14.9. The third-order valence-corrected chi connectivity index (χ3v) is 5.33. The molecule has 1 aromatic carbocycles. The molecule has 0 saturated heterocycles. The monoisotopic (exact) mass is 478 g/mol. The fourth-order valence-electron chi connectivity index (χ4n) is 3.77. The van der Waals surface area contributed by atoms with Crippen LogP contribution in [0, 0.1) is 5.82 Å². The van der Waals surface area contributed by atoms with Gasteiger partial charge in [0.05, 0.1) is 18.4 Å². The number of alkyl halides is 2. The summed E-state index contributed by atoms with van der Waals surface area (Å²) in [5, 5.41) is 11.2. The van der Waals surface area contributed by atoms with E-state index in [4.69, 9.17) is 0 Å². The highest BCUT2D eigenvalue weighted by molar-refractivity contribution is 5.75. The minimum Gasteiger partial charge on any atom is -0.338 e. The molecule has 0 unspecified atom stereocenters. The van der Waals surface area contributed by atoms with E-state index in [1.165, 1.54) is 17.8 Å². The van der Waals surface area contributed by atoms with Crippen molar-refractivity contribution in [1.82, 2.24) is 24.5 Å². The molecule has 1 aliphatic heterocycles. The number of rotatable bonds is 4. The maximum atomic E-state index is 14.9. The lowest BCUT2D eigenvalue weighted by Gasteiger charge is -2.26. The van der Waals surface area contributed by atoms with Crippen LogP contribution in [0.5, 0.6) is 0 Å². The number of aromatic nitrogens is 4. The van der Waals surface area contributed by atoms with Crippen LogP contribution in [-0.2, 0) is 31.9 Å². The van der Waals surface area contributed by atoms with Crippen LogP contribution in [0.4, 0.5) is 24.7 Å². The molecule has 7 nitrogen and oxygen atoms in total. The van der Waals surface area contributed by atoms with E-state index in [0.29, 0.717) is 30.9 Å². The van der Waals surface area contributed by atoms with Crippen molar-refractivity contribution in [2.75, 3.05) is 11.9 Å². The lowest BCUT2D eigenvalue weighted by Crippen LogP contribution is -2.34. The first kappa shape index (κ1) is 26.9. The summed E-state index contributed by atoms with van der Waals surface area (Å²) in [5.74, 6) is -0.397. The molecule has 0 radical (unpaired) electrons. The van der Waals surface area contributed by atoms with E-state index in [2.05, 4.69) is 15.5 Å². The van der Waals surface area contributed by atoms with Gasteiger partial charge in [-0.1, -0.05) is 27.7 Å². The molecule has 0 spiro atoms. The standard InChI is InChI=1S/C20H21F3N6O.2C2H6/c1-11(30)29-5-4-18-15(10-29)20(26-28(18)3)25-17-7-14(19(22)23)13(6-16(17)21)12-8-24-27(2)9-12;2*1-2/h6-9,19H,4-5,10H2,1-3H3,(H,25,26);2*1-2H3. The van der Waals surface area contributed by atoms with Gasteiger partial charge in [-0.2, -0.15) is 10.2 Å². The molecule has 0 bridgehead atoms. The van der Waals surface area contributed by atoms with Crippen molar-refractivity contribution in [2.24, 2.45) is 14.1 Å². The number of aryl methyl sites for hydroxylation is 2. The van der Waals surface area contributed by atoms with Crippen molar-refractivity contribution in [3.63, 3.8) is 0 Å². The van der Waals surface area contributed by atoms with Crippen LogP contribution in [0.1, 0.15) is 57.9 Å². The Morgan fingerprint density at radius 2 is 1.82 bits per heavy atom. The zero-order valence-electron chi connectivity index (χ0n) is 20.8. The molecule has 1 N–H and O–H groups in total. The first-order chi connectivity index (χ1) is 16.2. The fraction of sp³-hybridized carbons (Fsp3) is 0.458. The zero-order chi connectivity index (χ0) is 25.6. The Bertz CT molecular complexity index is 1120. The molecular formula is C24H33F3N6O. The smallest absolute Gasteiger partial charge is 0.264 e. The molecule has 3 aromatic rings. The van der Waals surface area contributed by atoms with E-state index in [9.17, 15) is 18.0 Å². The number of hydrogen-bond donors (Lipinski definition) is 1. The lowest BCUT2D eigenvalue weighted by atomic mass is 10.0. The molecule has 1 aliphatic rings. The van der Waals surface area contributed by atoms with Crippen LogP contribution < -0.4 is 5.32 Å². The van der Waals surface area contributed by atoms with Crippen LogP contribution in [0.3, 0.4) is 0 Å². The number of fused-ring (bicyclic) bond motifs is 1. The zero-order valence-corrected chi connectivity index (χ0v) is 20.8. The average molecular weight is 479 g/mol. The Kier molecular flexibility index (Phi) is 9.28. The molecule has 186 valence electrons. The quantitative estimate of drug-likeness (QED) is 0.530. The first-order valence-corrected chi connectivity index (χ1v) is 11.4. The fourth-order valence-corrected chi connectivity index (χ4v) is 3.77.